The van der Waals surface area contributed by atoms with Crippen LogP contribution < -0.4 is 24.5 Å². The summed E-state index contributed by atoms with van der Waals surface area (Å²) in [5.74, 6) is 0. The molecule has 134 valence electrons. The molecule has 0 bridgehead atoms. The summed E-state index contributed by atoms with van der Waals surface area (Å²) < 4.78 is 2.86. The summed E-state index contributed by atoms with van der Waals surface area (Å²) in [5.41, 5.74) is 5.11. The zero-order valence-electron chi connectivity index (χ0n) is 15.6. The van der Waals surface area contributed by atoms with Gasteiger partial charge in [-0.2, -0.15) is 0 Å². The van der Waals surface area contributed by atoms with Gasteiger partial charge in [0.2, 0.25) is 0 Å². The summed E-state index contributed by atoms with van der Waals surface area (Å²) in [6, 6.07) is 17.9. The van der Waals surface area contributed by atoms with Crippen molar-refractivity contribution >= 4 is 57.4 Å². The molecule has 0 saturated carbocycles. The van der Waals surface area contributed by atoms with Crippen LogP contribution >= 0.6 is 0 Å². The van der Waals surface area contributed by atoms with Gasteiger partial charge in [-0.1, -0.05) is 0 Å². The van der Waals surface area contributed by atoms with Crippen molar-refractivity contribution in [3.63, 3.8) is 0 Å². The molecular formula is C22H25N3Se. The van der Waals surface area contributed by atoms with E-state index in [0.717, 1.165) is 19.6 Å². The number of nitrogens with zero attached hydrogens (tertiary/aromatic N) is 1. The topological polar surface area (TPSA) is 27.3 Å². The Labute approximate surface area is 161 Å². The first-order valence-corrected chi connectivity index (χ1v) is 11.1. The van der Waals surface area contributed by atoms with Gasteiger partial charge in [0.25, 0.3) is 0 Å². The Balaban J connectivity index is 1.80. The summed E-state index contributed by atoms with van der Waals surface area (Å²) in [5, 5.41) is 9.87. The van der Waals surface area contributed by atoms with Gasteiger partial charge in [-0.15, -0.1) is 0 Å². The molecule has 0 atom stereocenters. The molecule has 0 fully saturated rings. The van der Waals surface area contributed by atoms with E-state index in [1.165, 1.54) is 42.4 Å². The molecule has 0 amide bonds. The van der Waals surface area contributed by atoms with Gasteiger partial charge in [0.1, 0.15) is 0 Å². The first-order chi connectivity index (χ1) is 12.7. The van der Waals surface area contributed by atoms with Crippen LogP contribution in [-0.4, -0.2) is 34.6 Å². The monoisotopic (exact) mass is 411 g/mol. The molecule has 3 nitrogen and oxygen atoms in total. The second-order valence-electron chi connectivity index (χ2n) is 6.45. The van der Waals surface area contributed by atoms with Crippen molar-refractivity contribution in [1.82, 2.24) is 0 Å². The number of hydrogen-bond acceptors (Lipinski definition) is 3. The van der Waals surface area contributed by atoms with Crippen LogP contribution in [0.2, 0.25) is 0 Å². The van der Waals surface area contributed by atoms with E-state index in [1.807, 2.05) is 0 Å². The van der Waals surface area contributed by atoms with Crippen LogP contribution in [0.3, 0.4) is 0 Å². The van der Waals surface area contributed by atoms with E-state index in [-0.39, 0.29) is 0 Å². The Morgan fingerprint density at radius 2 is 1.69 bits per heavy atom. The fraction of sp³-hybridized carbons (Fsp3) is 0.273. The Morgan fingerprint density at radius 1 is 0.923 bits per heavy atom. The van der Waals surface area contributed by atoms with Crippen molar-refractivity contribution in [3.05, 3.63) is 48.5 Å². The van der Waals surface area contributed by atoms with Crippen molar-refractivity contribution in [3.8, 4) is 0 Å². The predicted octanol–water partition coefficient (Wildman–Crippen LogP) is 3.83. The Hall–Kier alpha value is -2.16. The minimum atomic E-state index is 0.299. The van der Waals surface area contributed by atoms with Gasteiger partial charge in [-0.25, -0.2) is 0 Å². The number of fused-ring (bicyclic) bond motifs is 4. The SMILES string of the molecule is CCNc1cc2c(c3ccccc13)Nc1ccc(N(CC)CC)cc1[Se]2. The summed E-state index contributed by atoms with van der Waals surface area (Å²) in [7, 11) is 0. The second-order valence-corrected chi connectivity index (χ2v) is 8.73. The minimum absolute atomic E-state index is 0.299. The molecule has 1 aliphatic heterocycles. The molecule has 1 heterocycles. The first-order valence-electron chi connectivity index (χ1n) is 9.38. The average Bonchev–Trinajstić information content (AvgIpc) is 2.68. The molecule has 0 spiro atoms. The predicted molar refractivity (Wildman–Crippen MR) is 116 cm³/mol. The van der Waals surface area contributed by atoms with Gasteiger partial charge >= 0.3 is 162 Å². The molecular weight excluding hydrogens is 385 g/mol. The first kappa shape index (κ1) is 17.3. The average molecular weight is 410 g/mol. The van der Waals surface area contributed by atoms with Crippen LogP contribution in [-0.2, 0) is 0 Å². The number of rotatable bonds is 5. The molecule has 0 saturated heterocycles. The molecule has 0 aliphatic carbocycles. The van der Waals surface area contributed by atoms with E-state index in [4.69, 9.17) is 0 Å². The molecule has 0 aromatic heterocycles. The Kier molecular flexibility index (Phi) is 4.79. The van der Waals surface area contributed by atoms with E-state index in [9.17, 15) is 0 Å². The molecule has 26 heavy (non-hydrogen) atoms. The van der Waals surface area contributed by atoms with Crippen LogP contribution in [0.1, 0.15) is 20.8 Å². The van der Waals surface area contributed by atoms with Crippen LogP contribution in [0.15, 0.2) is 48.5 Å². The number of anilines is 4. The third-order valence-electron chi connectivity index (χ3n) is 4.95. The zero-order valence-corrected chi connectivity index (χ0v) is 17.3. The van der Waals surface area contributed by atoms with Gasteiger partial charge in [0.15, 0.2) is 0 Å². The second kappa shape index (κ2) is 7.22. The molecule has 3 aromatic carbocycles. The van der Waals surface area contributed by atoms with Crippen molar-refractivity contribution in [2.24, 2.45) is 0 Å². The van der Waals surface area contributed by atoms with Gasteiger partial charge in [0, 0.05) is 0 Å². The third kappa shape index (κ3) is 2.94. The molecule has 2 N–H and O–H groups in total. The standard InChI is InChI=1S/C22H25N3Se/c1-4-23-19-14-21-22(17-10-8-7-9-16(17)19)24-18-12-11-15(13-20(18)26-21)25(5-2)6-3/h7-14,23-24H,4-6H2,1-3H3. The molecule has 0 unspecified atom stereocenters. The van der Waals surface area contributed by atoms with Gasteiger partial charge < -0.3 is 0 Å². The number of benzene rings is 3. The number of hydrogen-bond donors (Lipinski definition) is 2. The molecule has 1 aliphatic rings. The van der Waals surface area contributed by atoms with Crippen LogP contribution in [0.5, 0.6) is 0 Å². The molecule has 0 radical (unpaired) electrons. The fourth-order valence-electron chi connectivity index (χ4n) is 3.63. The maximum absolute atomic E-state index is 3.72. The summed E-state index contributed by atoms with van der Waals surface area (Å²) in [6.45, 7) is 9.62. The summed E-state index contributed by atoms with van der Waals surface area (Å²) in [6.07, 6.45) is 0. The van der Waals surface area contributed by atoms with Crippen LogP contribution in [0.25, 0.3) is 10.8 Å². The van der Waals surface area contributed by atoms with Crippen molar-refractivity contribution in [1.29, 1.82) is 0 Å². The number of nitrogens with one attached hydrogen (secondary N) is 2. The van der Waals surface area contributed by atoms with Crippen molar-refractivity contribution in [2.45, 2.75) is 20.8 Å². The fourth-order valence-corrected chi connectivity index (χ4v) is 5.91. The van der Waals surface area contributed by atoms with Gasteiger partial charge in [0.05, 0.1) is 0 Å². The van der Waals surface area contributed by atoms with E-state index < -0.39 is 0 Å². The quantitative estimate of drug-likeness (QED) is 0.490. The van der Waals surface area contributed by atoms with E-state index in [2.05, 4.69) is 84.8 Å². The van der Waals surface area contributed by atoms with Crippen molar-refractivity contribution in [2.75, 3.05) is 35.2 Å². The maximum atomic E-state index is 3.72. The third-order valence-corrected chi connectivity index (χ3v) is 7.26. The van der Waals surface area contributed by atoms with Gasteiger partial charge in [-0.05, 0) is 0 Å². The molecule has 4 rings (SSSR count). The van der Waals surface area contributed by atoms with E-state index in [1.54, 1.807) is 0 Å². The van der Waals surface area contributed by atoms with E-state index >= 15 is 0 Å². The van der Waals surface area contributed by atoms with Gasteiger partial charge in [-0.3, -0.25) is 0 Å². The van der Waals surface area contributed by atoms with E-state index in [0.29, 0.717) is 15.0 Å². The molecule has 4 heteroatoms. The molecule has 3 aromatic rings. The van der Waals surface area contributed by atoms with Crippen LogP contribution in [0, 0.1) is 0 Å². The van der Waals surface area contributed by atoms with Crippen molar-refractivity contribution < 1.29 is 0 Å². The van der Waals surface area contributed by atoms with Crippen LogP contribution in [0.4, 0.5) is 22.7 Å². The summed E-state index contributed by atoms with van der Waals surface area (Å²) >= 11 is 0.299. The Morgan fingerprint density at radius 3 is 2.42 bits per heavy atom. The Bertz CT molecular complexity index is 948. The zero-order chi connectivity index (χ0) is 18.1. The summed E-state index contributed by atoms with van der Waals surface area (Å²) in [4.78, 5) is 2.41. The normalized spacial score (nSPS) is 12.3.